The predicted octanol–water partition coefficient (Wildman–Crippen LogP) is 3.00. The Kier molecular flexibility index (Phi) is 8.99. The zero-order valence-corrected chi connectivity index (χ0v) is 11.4. The van der Waals surface area contributed by atoms with E-state index in [2.05, 4.69) is 6.08 Å². The monoisotopic (exact) mass is 232 g/mol. The van der Waals surface area contributed by atoms with E-state index in [0.29, 0.717) is 19.8 Å². The molecule has 4 heteroatoms. The molecule has 0 saturated carbocycles. The van der Waals surface area contributed by atoms with E-state index in [9.17, 15) is 0 Å². The average Bonchev–Trinajstić information content (AvgIpc) is 2.19. The molecule has 0 rings (SSSR count). The van der Waals surface area contributed by atoms with Gasteiger partial charge in [0.1, 0.15) is 0 Å². The van der Waals surface area contributed by atoms with E-state index in [4.69, 9.17) is 13.3 Å². The molecule has 0 fully saturated rings. The highest BCUT2D eigenvalue weighted by Gasteiger charge is 2.39. The van der Waals surface area contributed by atoms with Gasteiger partial charge in [-0.1, -0.05) is 12.2 Å². The third-order valence-electron chi connectivity index (χ3n) is 1.95. The summed E-state index contributed by atoms with van der Waals surface area (Å²) in [5.41, 5.74) is 0. The Morgan fingerprint density at radius 2 is 1.40 bits per heavy atom. The lowest BCUT2D eigenvalue weighted by atomic mass is 10.4. The fraction of sp³-hybridized carbons (Fsp3) is 0.818. The van der Waals surface area contributed by atoms with Crippen LogP contribution < -0.4 is 0 Å². The van der Waals surface area contributed by atoms with Crippen molar-refractivity contribution in [1.82, 2.24) is 0 Å². The Balaban J connectivity index is 4.30. The van der Waals surface area contributed by atoms with Crippen molar-refractivity contribution >= 4 is 8.80 Å². The summed E-state index contributed by atoms with van der Waals surface area (Å²) in [7, 11) is -2.38. The molecule has 0 aliphatic carbocycles. The Hall–Kier alpha value is -0.163. The molecule has 0 atom stereocenters. The number of hydrogen-bond donors (Lipinski definition) is 0. The molecule has 90 valence electrons. The standard InChI is InChI=1S/C11H24O3Si/c1-5-9-10-11-15(12-6-2,13-7-3)14-8-4/h5,9H,6-8,10-11H2,1-4H3. The zero-order valence-electron chi connectivity index (χ0n) is 10.4. The predicted molar refractivity (Wildman–Crippen MR) is 64.9 cm³/mol. The lowest BCUT2D eigenvalue weighted by molar-refractivity contribution is 0.0716. The van der Waals surface area contributed by atoms with Crippen LogP contribution in [0.2, 0.25) is 6.04 Å². The molecule has 0 aromatic rings. The van der Waals surface area contributed by atoms with Crippen molar-refractivity contribution in [3.05, 3.63) is 12.2 Å². The van der Waals surface area contributed by atoms with Crippen LogP contribution in [0.4, 0.5) is 0 Å². The maximum atomic E-state index is 5.72. The summed E-state index contributed by atoms with van der Waals surface area (Å²) in [6.45, 7) is 9.93. The molecular weight excluding hydrogens is 208 g/mol. The van der Waals surface area contributed by atoms with Gasteiger partial charge in [0.25, 0.3) is 0 Å². The van der Waals surface area contributed by atoms with Gasteiger partial charge in [0, 0.05) is 25.9 Å². The molecule has 0 unspecified atom stereocenters. The average molecular weight is 232 g/mol. The largest absolute Gasteiger partial charge is 0.501 e. The molecular formula is C11H24O3Si. The van der Waals surface area contributed by atoms with Gasteiger partial charge in [-0.3, -0.25) is 0 Å². The van der Waals surface area contributed by atoms with Crippen molar-refractivity contribution in [1.29, 1.82) is 0 Å². The van der Waals surface area contributed by atoms with Crippen molar-refractivity contribution in [2.24, 2.45) is 0 Å². The minimum absolute atomic E-state index is 0.655. The molecule has 0 heterocycles. The zero-order chi connectivity index (χ0) is 11.6. The smallest absolute Gasteiger partial charge is 0.374 e. The second-order valence-electron chi connectivity index (χ2n) is 3.09. The molecule has 0 aliphatic rings. The number of rotatable bonds is 9. The van der Waals surface area contributed by atoms with E-state index in [1.165, 1.54) is 0 Å². The minimum Gasteiger partial charge on any atom is -0.374 e. The van der Waals surface area contributed by atoms with Crippen LogP contribution >= 0.6 is 0 Å². The van der Waals surface area contributed by atoms with Gasteiger partial charge in [0.05, 0.1) is 0 Å². The summed E-state index contributed by atoms with van der Waals surface area (Å²) < 4.78 is 17.2. The van der Waals surface area contributed by atoms with Gasteiger partial charge in [-0.05, 0) is 34.1 Å². The second-order valence-corrected chi connectivity index (χ2v) is 5.82. The third kappa shape index (κ3) is 6.09. The quantitative estimate of drug-likeness (QED) is 0.452. The van der Waals surface area contributed by atoms with Crippen molar-refractivity contribution in [3.8, 4) is 0 Å². The van der Waals surface area contributed by atoms with Crippen molar-refractivity contribution < 1.29 is 13.3 Å². The van der Waals surface area contributed by atoms with Crippen LogP contribution in [0.5, 0.6) is 0 Å². The highest BCUT2D eigenvalue weighted by molar-refractivity contribution is 6.60. The maximum absolute atomic E-state index is 5.72. The van der Waals surface area contributed by atoms with E-state index in [1.54, 1.807) is 0 Å². The van der Waals surface area contributed by atoms with Gasteiger partial charge in [-0.15, -0.1) is 0 Å². The summed E-state index contributed by atoms with van der Waals surface area (Å²) in [5, 5.41) is 0. The second kappa shape index (κ2) is 9.09. The fourth-order valence-corrected chi connectivity index (χ4v) is 3.95. The topological polar surface area (TPSA) is 27.7 Å². The van der Waals surface area contributed by atoms with Crippen molar-refractivity contribution in [2.75, 3.05) is 19.8 Å². The van der Waals surface area contributed by atoms with Crippen LogP contribution in [0.15, 0.2) is 12.2 Å². The van der Waals surface area contributed by atoms with Crippen LogP contribution in [-0.2, 0) is 13.3 Å². The maximum Gasteiger partial charge on any atom is 0.501 e. The molecule has 0 saturated heterocycles. The first-order chi connectivity index (χ1) is 7.24. The number of allylic oxidation sites excluding steroid dienone is 2. The molecule has 0 amide bonds. The molecule has 0 aromatic carbocycles. The van der Waals surface area contributed by atoms with E-state index in [0.717, 1.165) is 12.5 Å². The Morgan fingerprint density at radius 1 is 0.933 bits per heavy atom. The van der Waals surface area contributed by atoms with Crippen molar-refractivity contribution in [2.45, 2.75) is 40.2 Å². The molecule has 0 aliphatic heterocycles. The SMILES string of the molecule is CC=CCC[Si](OCC)(OCC)OCC. The van der Waals surface area contributed by atoms with Gasteiger partial charge in [0.2, 0.25) is 0 Å². The van der Waals surface area contributed by atoms with Crippen LogP contribution in [0.3, 0.4) is 0 Å². The van der Waals surface area contributed by atoms with Crippen LogP contribution in [0.1, 0.15) is 34.1 Å². The molecule has 15 heavy (non-hydrogen) atoms. The van der Waals surface area contributed by atoms with E-state index in [1.807, 2.05) is 33.8 Å². The van der Waals surface area contributed by atoms with Gasteiger partial charge in [0.15, 0.2) is 0 Å². The normalized spacial score (nSPS) is 12.5. The first-order valence-corrected chi connectivity index (χ1v) is 7.70. The minimum atomic E-state index is -2.38. The first-order valence-electron chi connectivity index (χ1n) is 5.77. The Bertz CT molecular complexity index is 154. The van der Waals surface area contributed by atoms with Crippen LogP contribution in [0.25, 0.3) is 0 Å². The highest BCUT2D eigenvalue weighted by atomic mass is 28.4. The van der Waals surface area contributed by atoms with Gasteiger partial charge in [-0.2, -0.15) is 0 Å². The first kappa shape index (κ1) is 14.8. The lowest BCUT2D eigenvalue weighted by Gasteiger charge is -2.28. The Labute approximate surface area is 94.8 Å². The fourth-order valence-electron chi connectivity index (χ4n) is 1.43. The molecule has 0 bridgehead atoms. The molecule has 0 radical (unpaired) electrons. The van der Waals surface area contributed by atoms with Crippen LogP contribution in [-0.4, -0.2) is 28.6 Å². The summed E-state index contributed by atoms with van der Waals surface area (Å²) in [6.07, 6.45) is 5.13. The van der Waals surface area contributed by atoms with Gasteiger partial charge < -0.3 is 13.3 Å². The van der Waals surface area contributed by atoms with Gasteiger partial charge >= 0.3 is 8.80 Å². The molecule has 0 N–H and O–H groups in total. The molecule has 0 aromatic heterocycles. The molecule has 0 spiro atoms. The van der Waals surface area contributed by atoms with E-state index >= 15 is 0 Å². The van der Waals surface area contributed by atoms with E-state index < -0.39 is 8.80 Å². The van der Waals surface area contributed by atoms with E-state index in [-0.39, 0.29) is 0 Å². The summed E-state index contributed by atoms with van der Waals surface area (Å²) in [4.78, 5) is 0. The molecule has 3 nitrogen and oxygen atoms in total. The summed E-state index contributed by atoms with van der Waals surface area (Å²) >= 11 is 0. The Morgan fingerprint density at radius 3 is 1.73 bits per heavy atom. The highest BCUT2D eigenvalue weighted by Crippen LogP contribution is 2.18. The summed E-state index contributed by atoms with van der Waals surface area (Å²) in [6, 6.07) is 0.868. The van der Waals surface area contributed by atoms with Crippen molar-refractivity contribution in [3.63, 3.8) is 0 Å². The van der Waals surface area contributed by atoms with Crippen LogP contribution in [0, 0.1) is 0 Å². The third-order valence-corrected chi connectivity index (χ3v) is 5.03. The van der Waals surface area contributed by atoms with Gasteiger partial charge in [-0.25, -0.2) is 0 Å². The number of hydrogen-bond acceptors (Lipinski definition) is 3. The lowest BCUT2D eigenvalue weighted by Crippen LogP contribution is -2.45. The summed E-state index contributed by atoms with van der Waals surface area (Å²) in [5.74, 6) is 0.